The van der Waals surface area contributed by atoms with Crippen molar-refractivity contribution >= 4 is 29.7 Å². The number of nitrogens with zero attached hydrogens (tertiary/aromatic N) is 13. The van der Waals surface area contributed by atoms with Crippen LogP contribution in [0.5, 0.6) is 5.75 Å². The first-order valence-electron chi connectivity index (χ1n) is 25.2. The van der Waals surface area contributed by atoms with Crippen LogP contribution in [0, 0.1) is 30.1 Å². The zero-order chi connectivity index (χ0) is 50.9. The fraction of sp³-hybridized carbons (Fsp3) is 0.653. The van der Waals surface area contributed by atoms with Gasteiger partial charge in [-0.05, 0) is 41.9 Å². The predicted octanol–water partition coefficient (Wildman–Crippen LogP) is 3.02. The Bertz CT molecular complexity index is 2290. The highest BCUT2D eigenvalue weighted by atomic mass is 16.5. The molecular weight excluding hydrogens is 909 g/mol. The number of hydrogen-bond acceptors (Lipinski definition) is 18. The second kappa shape index (κ2) is 27.0. The Morgan fingerprint density at radius 1 is 0.732 bits per heavy atom. The highest BCUT2D eigenvalue weighted by Gasteiger charge is 2.35. The number of anilines is 3. The SMILES string of the molecule is C#CCOCCOCCOCCNc1nc(N2CCN(C(=O)[C@@H](Cc3ccc(O)cc3)n3cc([C@@H](N)C(C)CC)nn3)CC2)nc(N2CCN(C(=O)[C@H]([C@@H](C)CC)n3cc([C@@H](N)CC(C)C)nn3)CC2)n1. The fourth-order valence-corrected chi connectivity index (χ4v) is 8.53. The Hall–Kier alpha value is -5.99. The van der Waals surface area contributed by atoms with E-state index in [2.05, 4.69) is 83.2 Å². The molecule has 0 saturated carbocycles. The third-order valence-electron chi connectivity index (χ3n) is 13.3. The van der Waals surface area contributed by atoms with E-state index in [0.717, 1.165) is 24.8 Å². The average molecular weight is 985 g/mol. The Morgan fingerprint density at radius 3 is 1.87 bits per heavy atom. The van der Waals surface area contributed by atoms with Crippen molar-refractivity contribution in [3.05, 3.63) is 53.6 Å². The molecule has 0 bridgehead atoms. The first kappa shape index (κ1) is 54.3. The van der Waals surface area contributed by atoms with Crippen LogP contribution in [0.15, 0.2) is 36.7 Å². The summed E-state index contributed by atoms with van der Waals surface area (Å²) in [6.07, 6.45) is 11.6. The average Bonchev–Trinajstić information content (AvgIpc) is 4.08. The van der Waals surface area contributed by atoms with Gasteiger partial charge >= 0.3 is 0 Å². The Kier molecular flexibility index (Phi) is 20.7. The number of rotatable bonds is 27. The van der Waals surface area contributed by atoms with E-state index >= 15 is 0 Å². The molecule has 2 saturated heterocycles. The van der Waals surface area contributed by atoms with Gasteiger partial charge in [0.1, 0.15) is 24.4 Å². The highest BCUT2D eigenvalue weighted by Crippen LogP contribution is 2.28. The third kappa shape index (κ3) is 15.3. The molecule has 6 N–H and O–H groups in total. The van der Waals surface area contributed by atoms with Crippen LogP contribution in [0.25, 0.3) is 0 Å². The number of piperazine rings is 2. The van der Waals surface area contributed by atoms with Crippen molar-refractivity contribution in [2.75, 3.05) is 114 Å². The van der Waals surface area contributed by atoms with Crippen LogP contribution < -0.4 is 26.6 Å². The van der Waals surface area contributed by atoms with Crippen LogP contribution >= 0.6 is 0 Å². The van der Waals surface area contributed by atoms with Crippen LogP contribution in [-0.2, 0) is 30.2 Å². The van der Waals surface area contributed by atoms with E-state index < -0.39 is 12.1 Å². The first-order chi connectivity index (χ1) is 34.3. The lowest BCUT2D eigenvalue weighted by Crippen LogP contribution is -2.52. The molecule has 6 rings (SSSR count). The van der Waals surface area contributed by atoms with Gasteiger partial charge in [-0.2, -0.15) is 15.0 Å². The molecule has 4 aromatic rings. The number of terminal acetylenes is 1. The van der Waals surface area contributed by atoms with Crippen LogP contribution in [0.4, 0.5) is 17.8 Å². The van der Waals surface area contributed by atoms with E-state index in [-0.39, 0.29) is 48.1 Å². The van der Waals surface area contributed by atoms with E-state index in [4.69, 9.17) is 47.1 Å². The Morgan fingerprint density at radius 2 is 1.28 bits per heavy atom. The van der Waals surface area contributed by atoms with Crippen molar-refractivity contribution in [1.29, 1.82) is 0 Å². The maximum Gasteiger partial charge on any atom is 0.247 e. The summed E-state index contributed by atoms with van der Waals surface area (Å²) >= 11 is 0. The van der Waals surface area contributed by atoms with Gasteiger partial charge in [-0.3, -0.25) is 9.59 Å². The number of nitrogens with one attached hydrogen (secondary N) is 1. The monoisotopic (exact) mass is 985 g/mol. The van der Waals surface area contributed by atoms with Crippen LogP contribution in [-0.4, -0.2) is 170 Å². The zero-order valence-corrected chi connectivity index (χ0v) is 42.5. The standard InChI is InChI=1S/C49H76N16O6/c1-8-24-69-26-28-71-29-27-70-25-15-52-47-53-48(55-49(54-47)63-22-18-61(19-23-63)46(68)44(36(7)10-3)65-32-40(56-59-65)39(50)30-34(4)5)62-20-16-60(17-21-62)45(67)42(31-37-11-13-38(66)14-12-37)64-33-41(57-58-64)43(51)35(6)9-2/h1,11-14,32-36,39,42-44,66H,9-10,15-31,50-51H2,2-7H3,(H,52,53,54,55)/t35?,36-,39-,42+,43-,44-/m0/s1. The fourth-order valence-electron chi connectivity index (χ4n) is 8.53. The Labute approximate surface area is 418 Å². The summed E-state index contributed by atoms with van der Waals surface area (Å²) in [5.74, 6) is 4.40. The van der Waals surface area contributed by atoms with Crippen molar-refractivity contribution in [3.8, 4) is 18.1 Å². The van der Waals surface area contributed by atoms with Crippen molar-refractivity contribution in [1.82, 2.24) is 54.7 Å². The van der Waals surface area contributed by atoms with E-state index in [9.17, 15) is 14.7 Å². The molecule has 22 heteroatoms. The van der Waals surface area contributed by atoms with E-state index in [1.807, 2.05) is 28.1 Å². The molecule has 1 aromatic carbocycles. The van der Waals surface area contributed by atoms with Gasteiger partial charge in [-0.15, -0.1) is 16.6 Å². The van der Waals surface area contributed by atoms with Crippen LogP contribution in [0.2, 0.25) is 0 Å². The topological polar surface area (TPSA) is 259 Å². The van der Waals surface area contributed by atoms with Crippen LogP contribution in [0.1, 0.15) is 102 Å². The summed E-state index contributed by atoms with van der Waals surface area (Å²) in [6.45, 7) is 18.9. The second-order valence-corrected chi connectivity index (χ2v) is 18.9. The van der Waals surface area contributed by atoms with E-state index in [1.54, 1.807) is 27.7 Å². The number of carbonyl (C=O) groups is 2. The van der Waals surface area contributed by atoms with Gasteiger partial charge in [-0.1, -0.05) is 82.9 Å². The smallest absolute Gasteiger partial charge is 0.247 e. The molecule has 2 fully saturated rings. The van der Waals surface area contributed by atoms with Crippen LogP contribution in [0.3, 0.4) is 0 Å². The molecule has 2 aliphatic heterocycles. The van der Waals surface area contributed by atoms with Crippen molar-refractivity contribution in [2.24, 2.45) is 29.2 Å². The molecule has 2 amide bonds. The molecule has 1 unspecified atom stereocenters. The van der Waals surface area contributed by atoms with E-state index in [0.29, 0.717) is 134 Å². The number of hydrogen-bond donors (Lipinski definition) is 4. The number of nitrogens with two attached hydrogens (primary N) is 2. The quantitative estimate of drug-likeness (QED) is 0.0495. The summed E-state index contributed by atoms with van der Waals surface area (Å²) in [6, 6.07) is 5.06. The maximum atomic E-state index is 14.5. The zero-order valence-electron chi connectivity index (χ0n) is 42.5. The molecular formula is C49H76N16O6. The summed E-state index contributed by atoms with van der Waals surface area (Å²) in [4.78, 5) is 51.4. The van der Waals surface area contributed by atoms with Gasteiger partial charge in [0, 0.05) is 65.3 Å². The second-order valence-electron chi connectivity index (χ2n) is 18.9. The van der Waals surface area contributed by atoms with Crippen molar-refractivity contribution < 1.29 is 28.9 Å². The lowest BCUT2D eigenvalue weighted by molar-refractivity contribution is -0.137. The van der Waals surface area contributed by atoms with Gasteiger partial charge in [0.25, 0.3) is 0 Å². The van der Waals surface area contributed by atoms with E-state index in [1.165, 1.54) is 0 Å². The number of aromatic hydroxyl groups is 1. The Balaban J connectivity index is 1.14. The summed E-state index contributed by atoms with van der Waals surface area (Å²) in [7, 11) is 0. The van der Waals surface area contributed by atoms with Crippen molar-refractivity contribution in [3.63, 3.8) is 0 Å². The molecule has 2 aliphatic rings. The maximum absolute atomic E-state index is 14.5. The normalized spacial score (nSPS) is 16.9. The number of amides is 2. The number of phenolic OH excluding ortho intramolecular Hbond substituents is 1. The molecule has 0 spiro atoms. The summed E-state index contributed by atoms with van der Waals surface area (Å²) in [5, 5.41) is 30.9. The molecule has 0 radical (unpaired) electrons. The summed E-state index contributed by atoms with van der Waals surface area (Å²) in [5.41, 5.74) is 15.2. The number of aromatic nitrogens is 9. The minimum Gasteiger partial charge on any atom is -0.508 e. The molecule has 3 aromatic heterocycles. The minimum atomic E-state index is -0.689. The molecule has 388 valence electrons. The molecule has 5 heterocycles. The number of carbonyl (C=O) groups excluding carboxylic acids is 2. The molecule has 6 atom stereocenters. The van der Waals surface area contributed by atoms with Gasteiger partial charge < -0.3 is 55.7 Å². The third-order valence-corrected chi connectivity index (χ3v) is 13.3. The molecule has 22 nitrogen and oxygen atoms in total. The highest BCUT2D eigenvalue weighted by molar-refractivity contribution is 5.81. The predicted molar refractivity (Wildman–Crippen MR) is 269 cm³/mol. The summed E-state index contributed by atoms with van der Waals surface area (Å²) < 4.78 is 19.9. The minimum absolute atomic E-state index is 0.00847. The largest absolute Gasteiger partial charge is 0.508 e. The first-order valence-corrected chi connectivity index (χ1v) is 25.2. The van der Waals surface area contributed by atoms with Gasteiger partial charge in [0.15, 0.2) is 0 Å². The number of ether oxygens (including phenoxy) is 3. The lowest BCUT2D eigenvalue weighted by atomic mass is 9.97. The van der Waals surface area contributed by atoms with Gasteiger partial charge in [0.05, 0.1) is 68.9 Å². The molecule has 0 aliphatic carbocycles. The lowest BCUT2D eigenvalue weighted by Gasteiger charge is -2.38. The number of phenols is 1. The number of benzene rings is 1. The van der Waals surface area contributed by atoms with Gasteiger partial charge in [-0.25, -0.2) is 9.36 Å². The van der Waals surface area contributed by atoms with Gasteiger partial charge in [0.2, 0.25) is 29.7 Å². The van der Waals surface area contributed by atoms with Crippen molar-refractivity contribution in [2.45, 2.75) is 91.4 Å². The molecule has 71 heavy (non-hydrogen) atoms.